The molecule has 0 bridgehead atoms. The molecule has 0 aromatic heterocycles. The van der Waals surface area contributed by atoms with E-state index in [0.29, 0.717) is 0 Å². The third-order valence-corrected chi connectivity index (χ3v) is 5.13. The van der Waals surface area contributed by atoms with Gasteiger partial charge < -0.3 is 19.3 Å². The Labute approximate surface area is 175 Å². The first kappa shape index (κ1) is 22.9. The van der Waals surface area contributed by atoms with E-state index in [1.807, 2.05) is 34.3 Å². The third kappa shape index (κ3) is 5.18. The van der Waals surface area contributed by atoms with Crippen LogP contribution in [0.5, 0.6) is 11.5 Å². The van der Waals surface area contributed by atoms with Crippen LogP contribution < -0.4 is 9.47 Å². The molecule has 1 fully saturated rings. The summed E-state index contributed by atoms with van der Waals surface area (Å²) in [5.74, 6) is 2.59. The van der Waals surface area contributed by atoms with Crippen molar-refractivity contribution in [3.63, 3.8) is 0 Å². The lowest BCUT2D eigenvalue weighted by atomic mass is 9.69. The normalized spacial score (nSPS) is 15.5. The van der Waals surface area contributed by atoms with Crippen LogP contribution in [0.3, 0.4) is 0 Å². The second-order valence-electron chi connectivity index (χ2n) is 7.32. The minimum Gasteiger partial charge on any atom is -0.493 e. The fourth-order valence-corrected chi connectivity index (χ4v) is 3.84. The van der Waals surface area contributed by atoms with Gasteiger partial charge in [-0.25, -0.2) is 0 Å². The Balaban J connectivity index is 0.00000338. The topological polar surface area (TPSA) is 37.3 Å². The lowest BCUT2D eigenvalue weighted by Crippen LogP contribution is -2.38. The number of halogens is 1. The summed E-state index contributed by atoms with van der Waals surface area (Å²) in [6.07, 6.45) is 6.15. The van der Waals surface area contributed by atoms with E-state index in [2.05, 4.69) is 21.9 Å². The second-order valence-corrected chi connectivity index (χ2v) is 7.32. The highest BCUT2D eigenvalue weighted by molar-refractivity contribution is 14.0. The van der Waals surface area contributed by atoms with Crippen molar-refractivity contribution in [1.29, 1.82) is 0 Å². The van der Waals surface area contributed by atoms with E-state index in [9.17, 15) is 0 Å². The van der Waals surface area contributed by atoms with E-state index in [1.165, 1.54) is 37.7 Å². The number of rotatable bonds is 5. The highest BCUT2D eigenvalue weighted by Gasteiger charge is 2.34. The number of aliphatic imine (C=N–C) groups is 1. The van der Waals surface area contributed by atoms with Gasteiger partial charge in [0.05, 0.1) is 20.8 Å². The van der Waals surface area contributed by atoms with Gasteiger partial charge in [-0.3, -0.25) is 4.99 Å². The average Bonchev–Trinajstić information content (AvgIpc) is 2.61. The van der Waals surface area contributed by atoms with Crippen LogP contribution in [0.15, 0.2) is 23.2 Å². The van der Waals surface area contributed by atoms with Gasteiger partial charge in [-0.2, -0.15) is 0 Å². The summed E-state index contributed by atoms with van der Waals surface area (Å²) in [7, 11) is 11.6. The third-order valence-electron chi connectivity index (χ3n) is 5.13. The molecule has 1 aromatic rings. The van der Waals surface area contributed by atoms with Crippen LogP contribution in [0.1, 0.15) is 37.7 Å². The molecule has 26 heavy (non-hydrogen) atoms. The predicted octanol–water partition coefficient (Wildman–Crippen LogP) is 4.00. The van der Waals surface area contributed by atoms with Gasteiger partial charge in [0.25, 0.3) is 0 Å². The van der Waals surface area contributed by atoms with Gasteiger partial charge in [0, 0.05) is 33.6 Å². The summed E-state index contributed by atoms with van der Waals surface area (Å²) in [4.78, 5) is 9.14. The summed E-state index contributed by atoms with van der Waals surface area (Å²) < 4.78 is 10.9. The summed E-state index contributed by atoms with van der Waals surface area (Å²) in [6, 6.07) is 6.35. The molecule has 0 N–H and O–H groups in total. The van der Waals surface area contributed by atoms with Crippen molar-refractivity contribution in [2.45, 2.75) is 37.5 Å². The summed E-state index contributed by atoms with van der Waals surface area (Å²) >= 11 is 0. The summed E-state index contributed by atoms with van der Waals surface area (Å²) in [5, 5.41) is 0. The molecule has 0 amide bonds. The van der Waals surface area contributed by atoms with E-state index < -0.39 is 0 Å². The lowest BCUT2D eigenvalue weighted by molar-refractivity contribution is 0.296. The molecule has 0 saturated heterocycles. The van der Waals surface area contributed by atoms with Gasteiger partial charge in [-0.15, -0.1) is 24.0 Å². The number of nitrogens with zero attached hydrogens (tertiary/aromatic N) is 3. The number of methoxy groups -OCH3 is 2. The van der Waals surface area contributed by atoms with Crippen molar-refractivity contribution in [2.24, 2.45) is 4.99 Å². The zero-order valence-corrected chi connectivity index (χ0v) is 19.4. The Morgan fingerprint density at radius 3 is 2.04 bits per heavy atom. The lowest BCUT2D eigenvalue weighted by Gasteiger charge is -2.37. The van der Waals surface area contributed by atoms with E-state index in [4.69, 9.17) is 14.5 Å². The smallest absolute Gasteiger partial charge is 0.195 e. The molecule has 148 valence electrons. The maximum atomic E-state index is 5.54. The quantitative estimate of drug-likeness (QED) is 0.367. The van der Waals surface area contributed by atoms with E-state index >= 15 is 0 Å². The fourth-order valence-electron chi connectivity index (χ4n) is 3.84. The molecule has 0 unspecified atom stereocenters. The SMILES string of the molecule is COc1ccc(C2(CN=C(N(C)C)N(C)C)CCCCC2)cc1OC.I. The summed E-state index contributed by atoms with van der Waals surface area (Å²) in [6.45, 7) is 0.800. The molecule has 2 rings (SSSR count). The van der Waals surface area contributed by atoms with Gasteiger partial charge in [-0.1, -0.05) is 25.3 Å². The Morgan fingerprint density at radius 2 is 1.54 bits per heavy atom. The average molecular weight is 475 g/mol. The molecule has 5 nitrogen and oxygen atoms in total. The minimum absolute atomic E-state index is 0. The molecule has 1 aliphatic carbocycles. The number of guanidine groups is 1. The van der Waals surface area contributed by atoms with Crippen molar-refractivity contribution in [2.75, 3.05) is 49.0 Å². The van der Waals surface area contributed by atoms with Gasteiger partial charge >= 0.3 is 0 Å². The van der Waals surface area contributed by atoms with E-state index in [-0.39, 0.29) is 29.4 Å². The maximum Gasteiger partial charge on any atom is 0.195 e. The van der Waals surface area contributed by atoms with Crippen molar-refractivity contribution in [1.82, 2.24) is 9.80 Å². The largest absolute Gasteiger partial charge is 0.493 e. The second kappa shape index (κ2) is 10.2. The standard InChI is InChI=1S/C20H33N3O2.HI/c1-22(2)19(23(3)4)21-15-20(12-8-7-9-13-20)16-10-11-17(24-5)18(14-16)25-6;/h10-11,14H,7-9,12-13,15H2,1-6H3;1H. The first-order valence-electron chi connectivity index (χ1n) is 9.05. The highest BCUT2D eigenvalue weighted by atomic mass is 127. The number of hydrogen-bond donors (Lipinski definition) is 0. The minimum atomic E-state index is 0. The number of benzene rings is 1. The number of ether oxygens (including phenoxy) is 2. The molecule has 0 heterocycles. The zero-order chi connectivity index (χ0) is 18.4. The van der Waals surface area contributed by atoms with Crippen LogP contribution in [0.2, 0.25) is 0 Å². The monoisotopic (exact) mass is 475 g/mol. The number of hydrogen-bond acceptors (Lipinski definition) is 3. The molecule has 0 spiro atoms. The molecule has 1 aromatic carbocycles. The van der Waals surface area contributed by atoms with Crippen molar-refractivity contribution >= 4 is 29.9 Å². The van der Waals surface area contributed by atoms with Crippen LogP contribution in [-0.4, -0.2) is 64.7 Å². The van der Waals surface area contributed by atoms with Crippen molar-refractivity contribution in [3.05, 3.63) is 23.8 Å². The molecule has 6 heteroatoms. The van der Waals surface area contributed by atoms with Crippen LogP contribution >= 0.6 is 24.0 Å². The van der Waals surface area contributed by atoms with Crippen LogP contribution in [0.25, 0.3) is 0 Å². The zero-order valence-electron chi connectivity index (χ0n) is 17.0. The Bertz CT molecular complexity index is 587. The van der Waals surface area contributed by atoms with Crippen molar-refractivity contribution in [3.8, 4) is 11.5 Å². The molecular weight excluding hydrogens is 441 g/mol. The molecule has 0 radical (unpaired) electrons. The summed E-state index contributed by atoms with van der Waals surface area (Å²) in [5.41, 5.74) is 1.39. The predicted molar refractivity (Wildman–Crippen MR) is 119 cm³/mol. The van der Waals surface area contributed by atoms with Crippen molar-refractivity contribution < 1.29 is 9.47 Å². The van der Waals surface area contributed by atoms with Gasteiger partial charge in [0.1, 0.15) is 0 Å². The highest BCUT2D eigenvalue weighted by Crippen LogP contribution is 2.42. The van der Waals surface area contributed by atoms with E-state index in [0.717, 1.165) is 24.0 Å². The molecule has 0 aliphatic heterocycles. The molecule has 1 aliphatic rings. The Hall–Kier alpha value is -1.18. The Kier molecular flexibility index (Phi) is 9.00. The first-order chi connectivity index (χ1) is 11.9. The van der Waals surface area contributed by atoms with Crippen LogP contribution in [0, 0.1) is 0 Å². The maximum absolute atomic E-state index is 5.54. The molecule has 0 atom stereocenters. The fraction of sp³-hybridized carbons (Fsp3) is 0.650. The van der Waals surface area contributed by atoms with E-state index in [1.54, 1.807) is 14.2 Å². The molecular formula is C20H34IN3O2. The van der Waals surface area contributed by atoms with Gasteiger partial charge in [-0.05, 0) is 30.5 Å². The first-order valence-corrected chi connectivity index (χ1v) is 9.05. The van der Waals surface area contributed by atoms with Gasteiger partial charge in [0.2, 0.25) is 0 Å². The molecule has 1 saturated carbocycles. The van der Waals surface area contributed by atoms with Gasteiger partial charge in [0.15, 0.2) is 17.5 Å². The van der Waals surface area contributed by atoms with Crippen LogP contribution in [0.4, 0.5) is 0 Å². The Morgan fingerprint density at radius 1 is 0.962 bits per heavy atom. The van der Waals surface area contributed by atoms with Crippen LogP contribution in [-0.2, 0) is 5.41 Å².